The Kier molecular flexibility index (Phi) is 3.38. The third-order valence-electron chi connectivity index (χ3n) is 2.99. The van der Waals surface area contributed by atoms with Crippen LogP contribution in [0.2, 0.25) is 0 Å². The molecule has 2 heterocycles. The van der Waals surface area contributed by atoms with Crippen molar-refractivity contribution in [2.24, 2.45) is 5.92 Å². The molecule has 4 heteroatoms. The van der Waals surface area contributed by atoms with Crippen molar-refractivity contribution in [2.45, 2.75) is 32.4 Å². The van der Waals surface area contributed by atoms with E-state index in [1.807, 2.05) is 17.1 Å². The standard InChI is InChI=1S/C11H18N2O2/c1-2-13-7-10(6-12-13)11-9(8-14)4-3-5-15-11/h6-7,9,11,14H,2-5,8H2,1H3/t9-,11+/m0/s1. The highest BCUT2D eigenvalue weighted by Gasteiger charge is 2.27. The lowest BCUT2D eigenvalue weighted by Crippen LogP contribution is -2.24. The number of hydrogen-bond acceptors (Lipinski definition) is 3. The van der Waals surface area contributed by atoms with Gasteiger partial charge in [-0.1, -0.05) is 0 Å². The second kappa shape index (κ2) is 4.77. The number of ether oxygens (including phenoxy) is 1. The number of rotatable bonds is 3. The van der Waals surface area contributed by atoms with Crippen LogP contribution in [0, 0.1) is 5.92 Å². The van der Waals surface area contributed by atoms with Gasteiger partial charge in [0.15, 0.2) is 0 Å². The van der Waals surface area contributed by atoms with Crippen molar-refractivity contribution in [1.82, 2.24) is 9.78 Å². The van der Waals surface area contributed by atoms with E-state index in [0.29, 0.717) is 0 Å². The van der Waals surface area contributed by atoms with Gasteiger partial charge in [-0.3, -0.25) is 4.68 Å². The maximum Gasteiger partial charge on any atom is 0.0905 e. The van der Waals surface area contributed by atoms with Gasteiger partial charge in [0.05, 0.1) is 12.3 Å². The zero-order valence-electron chi connectivity index (χ0n) is 9.09. The lowest BCUT2D eigenvalue weighted by atomic mass is 9.92. The summed E-state index contributed by atoms with van der Waals surface area (Å²) >= 11 is 0. The summed E-state index contributed by atoms with van der Waals surface area (Å²) in [7, 11) is 0. The SMILES string of the molecule is CCn1cc([C@@H]2OCCC[C@H]2CO)cn1. The summed E-state index contributed by atoms with van der Waals surface area (Å²) in [6, 6.07) is 0. The number of aromatic nitrogens is 2. The predicted molar refractivity (Wildman–Crippen MR) is 56.4 cm³/mol. The average molecular weight is 210 g/mol. The minimum Gasteiger partial charge on any atom is -0.396 e. The Labute approximate surface area is 89.9 Å². The summed E-state index contributed by atoms with van der Waals surface area (Å²) in [6.45, 7) is 3.92. The van der Waals surface area contributed by atoms with Crippen LogP contribution in [0.5, 0.6) is 0 Å². The quantitative estimate of drug-likeness (QED) is 0.819. The first-order valence-electron chi connectivity index (χ1n) is 5.60. The van der Waals surface area contributed by atoms with Gasteiger partial charge in [-0.2, -0.15) is 5.10 Å². The van der Waals surface area contributed by atoms with Crippen LogP contribution in [0.25, 0.3) is 0 Å². The van der Waals surface area contributed by atoms with Crippen LogP contribution in [0.4, 0.5) is 0 Å². The number of aryl methyl sites for hydroxylation is 1. The van der Waals surface area contributed by atoms with Crippen LogP contribution in [0.15, 0.2) is 12.4 Å². The van der Waals surface area contributed by atoms with E-state index in [1.54, 1.807) is 0 Å². The van der Waals surface area contributed by atoms with E-state index in [0.717, 1.165) is 31.6 Å². The largest absolute Gasteiger partial charge is 0.396 e. The summed E-state index contributed by atoms with van der Waals surface area (Å²) < 4.78 is 7.60. The molecule has 1 aromatic rings. The number of aliphatic hydroxyl groups excluding tert-OH is 1. The summed E-state index contributed by atoms with van der Waals surface area (Å²) in [5, 5.41) is 13.5. The minimum absolute atomic E-state index is 0.0315. The molecule has 0 aromatic carbocycles. The normalized spacial score (nSPS) is 26.8. The Morgan fingerprint density at radius 1 is 1.67 bits per heavy atom. The van der Waals surface area contributed by atoms with E-state index in [2.05, 4.69) is 12.0 Å². The number of nitrogens with zero attached hydrogens (tertiary/aromatic N) is 2. The molecule has 0 unspecified atom stereocenters. The molecule has 1 aliphatic heterocycles. The van der Waals surface area contributed by atoms with Crippen molar-refractivity contribution in [2.75, 3.05) is 13.2 Å². The zero-order valence-corrected chi connectivity index (χ0v) is 9.09. The van der Waals surface area contributed by atoms with Gasteiger partial charge in [-0.05, 0) is 19.8 Å². The Bertz CT molecular complexity index is 311. The molecule has 2 atom stereocenters. The molecule has 0 aliphatic carbocycles. The summed E-state index contributed by atoms with van der Waals surface area (Å²) in [5.74, 6) is 0.230. The molecule has 0 saturated carbocycles. The molecule has 4 nitrogen and oxygen atoms in total. The van der Waals surface area contributed by atoms with Crippen LogP contribution in [0.3, 0.4) is 0 Å². The lowest BCUT2D eigenvalue weighted by Gasteiger charge is -2.29. The second-order valence-electron chi connectivity index (χ2n) is 4.01. The molecule has 0 bridgehead atoms. The fourth-order valence-electron chi connectivity index (χ4n) is 2.10. The smallest absolute Gasteiger partial charge is 0.0905 e. The molecule has 15 heavy (non-hydrogen) atoms. The van der Waals surface area contributed by atoms with E-state index in [-0.39, 0.29) is 18.6 Å². The molecule has 0 spiro atoms. The molecule has 1 N–H and O–H groups in total. The average Bonchev–Trinajstić information content (AvgIpc) is 2.77. The van der Waals surface area contributed by atoms with Gasteiger partial charge in [0, 0.05) is 37.4 Å². The van der Waals surface area contributed by atoms with E-state index in [4.69, 9.17) is 4.74 Å². The van der Waals surface area contributed by atoms with Crippen LogP contribution in [-0.4, -0.2) is 28.1 Å². The molecule has 1 aliphatic rings. The third kappa shape index (κ3) is 2.21. The van der Waals surface area contributed by atoms with Gasteiger partial charge in [-0.25, -0.2) is 0 Å². The van der Waals surface area contributed by atoms with Gasteiger partial charge in [0.25, 0.3) is 0 Å². The van der Waals surface area contributed by atoms with Gasteiger partial charge < -0.3 is 9.84 Å². The van der Waals surface area contributed by atoms with Crippen molar-refractivity contribution in [3.05, 3.63) is 18.0 Å². The molecule has 0 radical (unpaired) electrons. The number of aliphatic hydroxyl groups is 1. The van der Waals surface area contributed by atoms with Gasteiger partial charge >= 0.3 is 0 Å². The predicted octanol–water partition coefficient (Wildman–Crippen LogP) is 1.36. The van der Waals surface area contributed by atoms with E-state index in [1.165, 1.54) is 0 Å². The molecule has 84 valence electrons. The molecule has 1 fully saturated rings. The Morgan fingerprint density at radius 3 is 3.20 bits per heavy atom. The zero-order chi connectivity index (χ0) is 10.7. The maximum atomic E-state index is 9.28. The van der Waals surface area contributed by atoms with Crippen molar-refractivity contribution in [3.8, 4) is 0 Å². The van der Waals surface area contributed by atoms with Crippen LogP contribution in [0.1, 0.15) is 31.4 Å². The van der Waals surface area contributed by atoms with Crippen LogP contribution >= 0.6 is 0 Å². The molecule has 1 saturated heterocycles. The topological polar surface area (TPSA) is 47.3 Å². The molecule has 1 aromatic heterocycles. The summed E-state index contributed by atoms with van der Waals surface area (Å²) in [5.41, 5.74) is 1.09. The minimum atomic E-state index is 0.0315. The highest BCUT2D eigenvalue weighted by molar-refractivity contribution is 5.10. The Morgan fingerprint density at radius 2 is 2.53 bits per heavy atom. The van der Waals surface area contributed by atoms with Crippen molar-refractivity contribution in [3.63, 3.8) is 0 Å². The molecule has 0 amide bonds. The lowest BCUT2D eigenvalue weighted by molar-refractivity contribution is -0.0457. The summed E-state index contributed by atoms with van der Waals surface area (Å²) in [6.07, 6.45) is 5.98. The highest BCUT2D eigenvalue weighted by atomic mass is 16.5. The van der Waals surface area contributed by atoms with Crippen molar-refractivity contribution in [1.29, 1.82) is 0 Å². The Hall–Kier alpha value is -0.870. The maximum absolute atomic E-state index is 9.28. The van der Waals surface area contributed by atoms with E-state index in [9.17, 15) is 5.11 Å². The van der Waals surface area contributed by atoms with Crippen molar-refractivity contribution < 1.29 is 9.84 Å². The first-order valence-corrected chi connectivity index (χ1v) is 5.60. The third-order valence-corrected chi connectivity index (χ3v) is 2.99. The van der Waals surface area contributed by atoms with E-state index >= 15 is 0 Å². The first kappa shape index (κ1) is 10.6. The first-order chi connectivity index (χ1) is 7.35. The van der Waals surface area contributed by atoms with Crippen LogP contribution in [-0.2, 0) is 11.3 Å². The molecule has 2 rings (SSSR count). The molecular weight excluding hydrogens is 192 g/mol. The van der Waals surface area contributed by atoms with Gasteiger partial charge in [0.2, 0.25) is 0 Å². The molecular formula is C11H18N2O2. The Balaban J connectivity index is 2.12. The monoisotopic (exact) mass is 210 g/mol. The highest BCUT2D eigenvalue weighted by Crippen LogP contribution is 2.32. The van der Waals surface area contributed by atoms with Gasteiger partial charge in [0.1, 0.15) is 0 Å². The number of hydrogen-bond donors (Lipinski definition) is 1. The van der Waals surface area contributed by atoms with Gasteiger partial charge in [-0.15, -0.1) is 0 Å². The fraction of sp³-hybridized carbons (Fsp3) is 0.727. The fourth-order valence-corrected chi connectivity index (χ4v) is 2.10. The van der Waals surface area contributed by atoms with Crippen molar-refractivity contribution >= 4 is 0 Å². The second-order valence-corrected chi connectivity index (χ2v) is 4.01. The van der Waals surface area contributed by atoms with E-state index < -0.39 is 0 Å². The summed E-state index contributed by atoms with van der Waals surface area (Å²) in [4.78, 5) is 0. The van der Waals surface area contributed by atoms with Crippen LogP contribution < -0.4 is 0 Å².